The summed E-state index contributed by atoms with van der Waals surface area (Å²) in [6.07, 6.45) is 1.48. The maximum absolute atomic E-state index is 12.7. The monoisotopic (exact) mass is 378 g/mol. The first-order chi connectivity index (χ1) is 13.6. The average molecular weight is 378 g/mol. The molecule has 2 aromatic rings. The second-order valence-corrected chi connectivity index (χ2v) is 7.61. The van der Waals surface area contributed by atoms with E-state index in [1.165, 1.54) is 11.1 Å². The summed E-state index contributed by atoms with van der Waals surface area (Å²) < 4.78 is 5.66. The average Bonchev–Trinajstić information content (AvgIpc) is 3.34. The zero-order valence-corrected chi connectivity index (χ0v) is 15.6. The molecular weight excluding hydrogens is 354 g/mol. The van der Waals surface area contributed by atoms with Gasteiger partial charge in [-0.15, -0.1) is 0 Å². The van der Waals surface area contributed by atoms with E-state index in [-0.39, 0.29) is 24.0 Å². The van der Waals surface area contributed by atoms with Gasteiger partial charge in [0.05, 0.1) is 18.1 Å². The zero-order valence-electron chi connectivity index (χ0n) is 15.6. The molecule has 1 N–H and O–H groups in total. The Bertz CT molecular complexity index is 784. The number of aliphatic carboxylic acids is 1. The predicted molar refractivity (Wildman–Crippen MR) is 102 cm³/mol. The summed E-state index contributed by atoms with van der Waals surface area (Å²) in [5.74, 6) is -2.73. The van der Waals surface area contributed by atoms with Crippen molar-refractivity contribution >= 4 is 11.9 Å². The smallest absolute Gasteiger partial charge is 0.226 e. The Kier molecular flexibility index (Phi) is 5.44. The van der Waals surface area contributed by atoms with E-state index < -0.39 is 17.8 Å². The fraction of sp³-hybridized carbons (Fsp3) is 0.391. The van der Waals surface area contributed by atoms with Crippen molar-refractivity contribution in [2.75, 3.05) is 6.54 Å². The van der Waals surface area contributed by atoms with E-state index in [4.69, 9.17) is 4.74 Å². The predicted octanol–water partition coefficient (Wildman–Crippen LogP) is 1.87. The van der Waals surface area contributed by atoms with Crippen LogP contribution in [0.2, 0.25) is 0 Å². The van der Waals surface area contributed by atoms with Crippen molar-refractivity contribution in [3.8, 4) is 0 Å². The van der Waals surface area contributed by atoms with Gasteiger partial charge in [-0.05, 0) is 30.4 Å². The van der Waals surface area contributed by atoms with E-state index in [0.717, 1.165) is 12.8 Å². The second kappa shape index (κ2) is 8.15. The van der Waals surface area contributed by atoms with Crippen molar-refractivity contribution in [2.24, 2.45) is 11.8 Å². The third-order valence-electron chi connectivity index (χ3n) is 5.98. The molecule has 2 bridgehead atoms. The summed E-state index contributed by atoms with van der Waals surface area (Å²) in [5.41, 5.74) is 2.39. The standard InChI is InChI=1S/C23H25NO4/c25-22(20-18-11-12-19(28-18)21(20)23(26)27)24-14-13-17(15-7-3-1-4-8-15)16-9-5-2-6-10-16/h1-10,17-21H,11-14H2,(H,24,25)(H,26,27)/p-1/t18-,19+,20+,21-/m0/s1. The molecule has 2 heterocycles. The normalized spacial score (nSPS) is 25.8. The molecule has 1 amide bonds. The Balaban J connectivity index is 1.42. The Morgan fingerprint density at radius 2 is 1.46 bits per heavy atom. The number of nitrogens with one attached hydrogen (secondary N) is 1. The summed E-state index contributed by atoms with van der Waals surface area (Å²) in [7, 11) is 0. The molecule has 2 aliphatic rings. The number of carboxylic acids is 1. The Morgan fingerprint density at radius 3 is 2.00 bits per heavy atom. The van der Waals surface area contributed by atoms with Crippen LogP contribution in [-0.2, 0) is 14.3 Å². The van der Waals surface area contributed by atoms with Crippen LogP contribution in [0.25, 0.3) is 0 Å². The fourth-order valence-corrected chi connectivity index (χ4v) is 4.66. The van der Waals surface area contributed by atoms with Crippen LogP contribution < -0.4 is 10.4 Å². The number of fused-ring (bicyclic) bond motifs is 2. The van der Waals surface area contributed by atoms with E-state index in [1.54, 1.807) is 0 Å². The maximum atomic E-state index is 12.7. The first-order valence-corrected chi connectivity index (χ1v) is 9.89. The van der Waals surface area contributed by atoms with Crippen molar-refractivity contribution in [1.29, 1.82) is 0 Å². The van der Waals surface area contributed by atoms with Gasteiger partial charge in [0, 0.05) is 24.3 Å². The van der Waals surface area contributed by atoms with Gasteiger partial charge in [0.1, 0.15) is 0 Å². The quantitative estimate of drug-likeness (QED) is 0.798. The lowest BCUT2D eigenvalue weighted by Crippen LogP contribution is -2.48. The maximum Gasteiger partial charge on any atom is 0.226 e. The highest BCUT2D eigenvalue weighted by Crippen LogP contribution is 2.43. The largest absolute Gasteiger partial charge is 0.550 e. The van der Waals surface area contributed by atoms with Crippen LogP contribution in [0.3, 0.4) is 0 Å². The van der Waals surface area contributed by atoms with Crippen LogP contribution >= 0.6 is 0 Å². The van der Waals surface area contributed by atoms with Gasteiger partial charge in [-0.2, -0.15) is 0 Å². The first kappa shape index (κ1) is 18.7. The van der Waals surface area contributed by atoms with Gasteiger partial charge >= 0.3 is 0 Å². The lowest BCUT2D eigenvalue weighted by atomic mass is 9.78. The van der Waals surface area contributed by atoms with Gasteiger partial charge in [0.15, 0.2) is 0 Å². The van der Waals surface area contributed by atoms with E-state index in [2.05, 4.69) is 29.6 Å². The number of rotatable bonds is 7. The lowest BCUT2D eigenvalue weighted by molar-refractivity contribution is -0.314. The highest BCUT2D eigenvalue weighted by Gasteiger charge is 2.52. The number of hydrogen-bond acceptors (Lipinski definition) is 4. The summed E-state index contributed by atoms with van der Waals surface area (Å²) in [4.78, 5) is 24.2. The van der Waals surface area contributed by atoms with Crippen LogP contribution in [0.5, 0.6) is 0 Å². The Hall–Kier alpha value is -2.66. The molecule has 0 unspecified atom stereocenters. The first-order valence-electron chi connectivity index (χ1n) is 9.89. The highest BCUT2D eigenvalue weighted by molar-refractivity contribution is 5.86. The molecule has 146 valence electrons. The topological polar surface area (TPSA) is 78.5 Å². The third kappa shape index (κ3) is 3.67. The number of carbonyl (C=O) groups is 2. The molecule has 0 aromatic heterocycles. The van der Waals surface area contributed by atoms with E-state index in [9.17, 15) is 14.7 Å². The third-order valence-corrected chi connectivity index (χ3v) is 5.98. The molecular formula is C23H24NO4-. The van der Waals surface area contributed by atoms with Crippen molar-refractivity contribution in [3.63, 3.8) is 0 Å². The van der Waals surface area contributed by atoms with Gasteiger partial charge in [0.25, 0.3) is 0 Å². The number of carbonyl (C=O) groups excluding carboxylic acids is 2. The lowest BCUT2D eigenvalue weighted by Gasteiger charge is -2.28. The minimum absolute atomic E-state index is 0.163. The van der Waals surface area contributed by atoms with E-state index in [1.807, 2.05) is 36.4 Å². The fourth-order valence-electron chi connectivity index (χ4n) is 4.66. The molecule has 2 aromatic carbocycles. The molecule has 2 aliphatic heterocycles. The number of carboxylic acid groups (broad SMARTS) is 1. The number of ether oxygens (including phenoxy) is 1. The minimum Gasteiger partial charge on any atom is -0.550 e. The van der Waals surface area contributed by atoms with Crippen LogP contribution in [0.1, 0.15) is 36.3 Å². The summed E-state index contributed by atoms with van der Waals surface area (Å²) >= 11 is 0. The van der Waals surface area contributed by atoms with Crippen LogP contribution in [-0.4, -0.2) is 30.6 Å². The second-order valence-electron chi connectivity index (χ2n) is 7.61. The summed E-state index contributed by atoms with van der Waals surface area (Å²) in [6, 6.07) is 20.4. The van der Waals surface area contributed by atoms with Crippen LogP contribution in [0.4, 0.5) is 0 Å². The highest BCUT2D eigenvalue weighted by atomic mass is 16.5. The minimum atomic E-state index is -1.18. The van der Waals surface area contributed by atoms with E-state index >= 15 is 0 Å². The van der Waals surface area contributed by atoms with Crippen molar-refractivity contribution in [1.82, 2.24) is 5.32 Å². The molecule has 4 rings (SSSR count). The van der Waals surface area contributed by atoms with Crippen molar-refractivity contribution in [3.05, 3.63) is 71.8 Å². The summed E-state index contributed by atoms with van der Waals surface area (Å²) in [5, 5.41) is 14.4. The van der Waals surface area contributed by atoms with Gasteiger partial charge in [-0.3, -0.25) is 4.79 Å². The van der Waals surface area contributed by atoms with E-state index in [0.29, 0.717) is 13.0 Å². The zero-order chi connectivity index (χ0) is 19.5. The van der Waals surface area contributed by atoms with Crippen LogP contribution in [0, 0.1) is 11.8 Å². The van der Waals surface area contributed by atoms with Crippen LogP contribution in [0.15, 0.2) is 60.7 Å². The van der Waals surface area contributed by atoms with Gasteiger partial charge in [-0.1, -0.05) is 60.7 Å². The number of hydrogen-bond donors (Lipinski definition) is 1. The molecule has 28 heavy (non-hydrogen) atoms. The molecule has 0 aliphatic carbocycles. The Morgan fingerprint density at radius 1 is 0.929 bits per heavy atom. The van der Waals surface area contributed by atoms with Gasteiger partial charge < -0.3 is 20.0 Å². The SMILES string of the molecule is O=C([O-])[C@@H]1[C@H](C(=O)NCCC(c2ccccc2)c2ccccc2)[C@@H]2CC[C@H]1O2. The molecule has 5 heteroatoms. The van der Waals surface area contributed by atoms with Crippen molar-refractivity contribution < 1.29 is 19.4 Å². The molecule has 2 fully saturated rings. The molecule has 5 nitrogen and oxygen atoms in total. The van der Waals surface area contributed by atoms with Gasteiger partial charge in [-0.25, -0.2) is 0 Å². The molecule has 2 saturated heterocycles. The van der Waals surface area contributed by atoms with Gasteiger partial charge in [0.2, 0.25) is 5.91 Å². The molecule has 0 radical (unpaired) electrons. The number of benzene rings is 2. The number of amides is 1. The Labute approximate surface area is 164 Å². The molecule has 0 saturated carbocycles. The summed E-state index contributed by atoms with van der Waals surface area (Å²) in [6.45, 7) is 0.473. The molecule has 0 spiro atoms. The molecule has 4 atom stereocenters. The van der Waals surface area contributed by atoms with Crippen molar-refractivity contribution in [2.45, 2.75) is 37.4 Å².